The summed E-state index contributed by atoms with van der Waals surface area (Å²) in [4.78, 5) is 14.5. The van der Waals surface area contributed by atoms with Crippen molar-refractivity contribution in [1.29, 1.82) is 0 Å². The summed E-state index contributed by atoms with van der Waals surface area (Å²) >= 11 is 0. The van der Waals surface area contributed by atoms with Gasteiger partial charge in [-0.2, -0.15) is 0 Å². The zero-order valence-electron chi connectivity index (χ0n) is 14.9. The quantitative estimate of drug-likeness (QED) is 0.778. The fourth-order valence-electron chi connectivity index (χ4n) is 3.13. The summed E-state index contributed by atoms with van der Waals surface area (Å²) in [6, 6.07) is 8.13. The number of likely N-dealkylation sites (tertiary alicyclic amines) is 1. The summed E-state index contributed by atoms with van der Waals surface area (Å²) in [5.41, 5.74) is 1.20. The van der Waals surface area contributed by atoms with Crippen LogP contribution in [0.2, 0.25) is 0 Å². The minimum absolute atomic E-state index is 0. The van der Waals surface area contributed by atoms with Crippen LogP contribution in [0.1, 0.15) is 38.2 Å². The molecule has 5 heteroatoms. The van der Waals surface area contributed by atoms with E-state index in [4.69, 9.17) is 4.74 Å². The van der Waals surface area contributed by atoms with Crippen LogP contribution in [-0.2, 0) is 11.2 Å². The van der Waals surface area contributed by atoms with Gasteiger partial charge in [0.05, 0.1) is 6.61 Å². The van der Waals surface area contributed by atoms with E-state index in [2.05, 4.69) is 24.4 Å². The largest absolute Gasteiger partial charge is 0.494 e. The summed E-state index contributed by atoms with van der Waals surface area (Å²) in [5.74, 6) is 1.80. The number of rotatable bonds is 8. The van der Waals surface area contributed by atoms with Crippen molar-refractivity contribution in [3.8, 4) is 5.75 Å². The van der Waals surface area contributed by atoms with Gasteiger partial charge < -0.3 is 15.0 Å². The molecule has 0 bridgehead atoms. The Bertz CT molecular complexity index is 477. The van der Waals surface area contributed by atoms with E-state index in [0.29, 0.717) is 12.3 Å². The molecule has 1 aliphatic rings. The number of benzene rings is 1. The van der Waals surface area contributed by atoms with E-state index in [-0.39, 0.29) is 18.3 Å². The lowest BCUT2D eigenvalue weighted by Crippen LogP contribution is -2.42. The van der Waals surface area contributed by atoms with Gasteiger partial charge in [0.25, 0.3) is 0 Å². The third-order valence-electron chi connectivity index (χ3n) is 4.39. The Balaban J connectivity index is 0.00000288. The van der Waals surface area contributed by atoms with Crippen LogP contribution in [0.4, 0.5) is 0 Å². The molecule has 0 saturated carbocycles. The number of halogens is 1. The van der Waals surface area contributed by atoms with E-state index < -0.39 is 0 Å². The standard InChI is InChI=1S/C19H30N2O2.ClH/c1-3-13-23-18-9-6-16(7-10-18)8-11-19(22)21-12-4-5-17(15-21)14-20-2;/h6-7,9-10,17,20H,3-5,8,11-15H2,1-2H3;1H. The minimum Gasteiger partial charge on any atom is -0.494 e. The van der Waals surface area contributed by atoms with Crippen LogP contribution < -0.4 is 10.1 Å². The van der Waals surface area contributed by atoms with Gasteiger partial charge in [-0.15, -0.1) is 12.4 Å². The molecule has 0 aromatic heterocycles. The van der Waals surface area contributed by atoms with Crippen LogP contribution in [-0.4, -0.2) is 44.1 Å². The molecule has 4 nitrogen and oxygen atoms in total. The van der Waals surface area contributed by atoms with Gasteiger partial charge in [0.15, 0.2) is 0 Å². The summed E-state index contributed by atoms with van der Waals surface area (Å²) in [7, 11) is 1.98. The second kappa shape index (κ2) is 11.3. The number of amides is 1. The normalized spacial score (nSPS) is 17.2. The summed E-state index contributed by atoms with van der Waals surface area (Å²) < 4.78 is 5.58. The average Bonchev–Trinajstić information content (AvgIpc) is 2.59. The van der Waals surface area contributed by atoms with E-state index in [1.54, 1.807) is 0 Å². The highest BCUT2D eigenvalue weighted by molar-refractivity contribution is 5.85. The molecule has 0 spiro atoms. The van der Waals surface area contributed by atoms with Crippen LogP contribution in [0.3, 0.4) is 0 Å². The number of ether oxygens (including phenoxy) is 1. The van der Waals surface area contributed by atoms with Gasteiger partial charge in [0.2, 0.25) is 5.91 Å². The topological polar surface area (TPSA) is 41.6 Å². The molecule has 0 radical (unpaired) electrons. The average molecular weight is 355 g/mol. The van der Waals surface area contributed by atoms with Crippen molar-refractivity contribution >= 4 is 18.3 Å². The Morgan fingerprint density at radius 2 is 2.08 bits per heavy atom. The lowest BCUT2D eigenvalue weighted by atomic mass is 9.97. The van der Waals surface area contributed by atoms with Crippen molar-refractivity contribution < 1.29 is 9.53 Å². The molecule has 1 heterocycles. The zero-order chi connectivity index (χ0) is 16.5. The molecule has 1 atom stereocenters. The Morgan fingerprint density at radius 3 is 2.75 bits per heavy atom. The Morgan fingerprint density at radius 1 is 1.33 bits per heavy atom. The van der Waals surface area contributed by atoms with E-state index in [0.717, 1.165) is 51.3 Å². The van der Waals surface area contributed by atoms with E-state index in [1.807, 2.05) is 24.1 Å². The van der Waals surface area contributed by atoms with E-state index >= 15 is 0 Å². The molecular weight excluding hydrogens is 324 g/mol. The predicted molar refractivity (Wildman–Crippen MR) is 101 cm³/mol. The molecular formula is C19H31ClN2O2. The SMILES string of the molecule is CCCOc1ccc(CCC(=O)N2CCCC(CNC)C2)cc1.Cl. The Kier molecular flexibility index (Phi) is 9.80. The molecule has 0 aliphatic carbocycles. The number of carbonyl (C=O) groups excluding carboxylic acids is 1. The van der Waals surface area contributed by atoms with Gasteiger partial charge in [0, 0.05) is 19.5 Å². The number of hydrogen-bond acceptors (Lipinski definition) is 3. The Hall–Kier alpha value is -1.26. The molecule has 1 fully saturated rings. The first-order valence-corrected chi connectivity index (χ1v) is 8.87. The smallest absolute Gasteiger partial charge is 0.222 e. The third kappa shape index (κ3) is 6.70. The van der Waals surface area contributed by atoms with Gasteiger partial charge in [-0.05, 0) is 62.9 Å². The highest BCUT2D eigenvalue weighted by Gasteiger charge is 2.22. The first kappa shape index (κ1) is 20.8. The number of piperidine rings is 1. The van der Waals surface area contributed by atoms with Crippen LogP contribution in [0.15, 0.2) is 24.3 Å². The number of nitrogens with zero attached hydrogens (tertiary/aromatic N) is 1. The van der Waals surface area contributed by atoms with Crippen molar-refractivity contribution in [1.82, 2.24) is 10.2 Å². The Labute approximate surface area is 152 Å². The van der Waals surface area contributed by atoms with Crippen molar-refractivity contribution in [2.45, 2.75) is 39.0 Å². The first-order chi connectivity index (χ1) is 11.2. The van der Waals surface area contributed by atoms with E-state index in [9.17, 15) is 4.79 Å². The summed E-state index contributed by atoms with van der Waals surface area (Å²) in [6.45, 7) is 5.68. The molecule has 1 aromatic carbocycles. The molecule has 2 rings (SSSR count). The number of hydrogen-bond donors (Lipinski definition) is 1. The third-order valence-corrected chi connectivity index (χ3v) is 4.39. The molecule has 136 valence electrons. The maximum atomic E-state index is 12.4. The van der Waals surface area contributed by atoms with Crippen LogP contribution in [0.25, 0.3) is 0 Å². The number of carbonyl (C=O) groups is 1. The minimum atomic E-state index is 0. The molecule has 1 amide bonds. The van der Waals surface area contributed by atoms with Crippen molar-refractivity contribution in [2.24, 2.45) is 5.92 Å². The van der Waals surface area contributed by atoms with Crippen LogP contribution in [0.5, 0.6) is 5.75 Å². The highest BCUT2D eigenvalue weighted by Crippen LogP contribution is 2.18. The van der Waals surface area contributed by atoms with Gasteiger partial charge in [-0.25, -0.2) is 0 Å². The maximum Gasteiger partial charge on any atom is 0.222 e. The highest BCUT2D eigenvalue weighted by atomic mass is 35.5. The summed E-state index contributed by atoms with van der Waals surface area (Å²) in [5, 5.41) is 3.22. The second-order valence-electron chi connectivity index (χ2n) is 6.40. The number of aryl methyl sites for hydroxylation is 1. The van der Waals surface area contributed by atoms with Crippen molar-refractivity contribution in [3.63, 3.8) is 0 Å². The van der Waals surface area contributed by atoms with Crippen LogP contribution >= 0.6 is 12.4 Å². The van der Waals surface area contributed by atoms with Gasteiger partial charge in [-0.3, -0.25) is 4.79 Å². The second-order valence-corrected chi connectivity index (χ2v) is 6.40. The zero-order valence-corrected chi connectivity index (χ0v) is 15.7. The van der Waals surface area contributed by atoms with E-state index in [1.165, 1.54) is 12.0 Å². The lowest BCUT2D eigenvalue weighted by molar-refractivity contribution is -0.132. The molecule has 1 unspecified atom stereocenters. The molecule has 1 saturated heterocycles. The molecule has 1 aliphatic heterocycles. The number of nitrogens with one attached hydrogen (secondary N) is 1. The van der Waals surface area contributed by atoms with Crippen molar-refractivity contribution in [3.05, 3.63) is 29.8 Å². The summed E-state index contributed by atoms with van der Waals surface area (Å²) in [6.07, 6.45) is 4.77. The maximum absolute atomic E-state index is 12.4. The molecule has 1 N–H and O–H groups in total. The van der Waals surface area contributed by atoms with Crippen molar-refractivity contribution in [2.75, 3.05) is 33.3 Å². The van der Waals surface area contributed by atoms with Gasteiger partial charge in [0.1, 0.15) is 5.75 Å². The predicted octanol–water partition coefficient (Wildman–Crippen LogP) is 3.29. The fourth-order valence-corrected chi connectivity index (χ4v) is 3.13. The lowest BCUT2D eigenvalue weighted by Gasteiger charge is -2.32. The molecule has 24 heavy (non-hydrogen) atoms. The monoisotopic (exact) mass is 354 g/mol. The fraction of sp³-hybridized carbons (Fsp3) is 0.632. The molecule has 1 aromatic rings. The first-order valence-electron chi connectivity index (χ1n) is 8.87. The van der Waals surface area contributed by atoms with Gasteiger partial charge >= 0.3 is 0 Å². The van der Waals surface area contributed by atoms with Crippen LogP contribution in [0, 0.1) is 5.92 Å². The van der Waals surface area contributed by atoms with Gasteiger partial charge in [-0.1, -0.05) is 19.1 Å².